The van der Waals surface area contributed by atoms with Crippen LogP contribution in [0.25, 0.3) is 0 Å². The molecule has 17 heteroatoms. The number of hydrogen-bond donors (Lipinski definition) is 4. The minimum atomic E-state index is -4.49. The van der Waals surface area contributed by atoms with Crippen molar-refractivity contribution in [3.05, 3.63) is 125 Å². The van der Waals surface area contributed by atoms with Gasteiger partial charge in [0.25, 0.3) is 30.4 Å². The van der Waals surface area contributed by atoms with E-state index in [0.717, 1.165) is 45.9 Å². The number of aliphatic carboxylic acids is 1. The number of para-hydroxylation sites is 1. The van der Waals surface area contributed by atoms with Crippen molar-refractivity contribution in [2.45, 2.75) is 106 Å². The van der Waals surface area contributed by atoms with E-state index < -0.39 is 47.2 Å². The molecule has 6 rings (SSSR count). The molecule has 3 aromatic carbocycles. The van der Waals surface area contributed by atoms with Crippen LogP contribution in [-0.2, 0) is 46.0 Å². The summed E-state index contributed by atoms with van der Waals surface area (Å²) in [6.07, 6.45) is 12.7. The number of hydrogen-bond acceptors (Lipinski definition) is 9. The molecule has 0 unspecified atom stereocenters. The third-order valence-electron chi connectivity index (χ3n) is 12.0. The molecule has 2 heterocycles. The Hall–Kier alpha value is -4.91. The minimum absolute atomic E-state index is 0.0534. The van der Waals surface area contributed by atoms with Gasteiger partial charge in [-0.05, 0) is 124 Å². The third-order valence-corrected chi connectivity index (χ3v) is 14.5. The molecule has 0 atom stereocenters. The molecular weight excluding hydrogens is 869 g/mol. The second-order valence-corrected chi connectivity index (χ2v) is 21.6. The van der Waals surface area contributed by atoms with E-state index in [-0.39, 0.29) is 28.4 Å². The molecule has 0 aromatic heterocycles. The van der Waals surface area contributed by atoms with Crippen molar-refractivity contribution < 1.29 is 58.1 Å². The van der Waals surface area contributed by atoms with Crippen LogP contribution < -0.4 is 9.64 Å². The van der Waals surface area contributed by atoms with Crippen LogP contribution in [0.4, 0.5) is 11.4 Å². The van der Waals surface area contributed by atoms with Gasteiger partial charge >= 0.3 is 5.97 Å². The zero-order valence-electron chi connectivity index (χ0n) is 35.8. The van der Waals surface area contributed by atoms with Gasteiger partial charge in [0.15, 0.2) is 5.71 Å². The Bertz CT molecular complexity index is 2760. The number of carbonyl (C=O) groups is 1. The fourth-order valence-electron chi connectivity index (χ4n) is 8.72. The van der Waals surface area contributed by atoms with Crippen LogP contribution in [0, 0.1) is 0 Å². The molecule has 4 N–H and O–H groups in total. The van der Waals surface area contributed by atoms with Gasteiger partial charge in [-0.25, -0.2) is 0 Å². The van der Waals surface area contributed by atoms with Crippen molar-refractivity contribution in [2.24, 2.45) is 0 Å². The summed E-state index contributed by atoms with van der Waals surface area (Å²) in [5, 5.41) is 9.18. The van der Waals surface area contributed by atoms with Crippen LogP contribution in [0.2, 0.25) is 0 Å². The summed E-state index contributed by atoms with van der Waals surface area (Å²) in [7, 11) is -13.0. The first-order valence-corrected chi connectivity index (χ1v) is 25.4. The first-order valence-electron chi connectivity index (χ1n) is 20.9. The van der Waals surface area contributed by atoms with E-state index in [9.17, 15) is 48.8 Å². The molecule has 14 nitrogen and oxygen atoms in total. The molecule has 0 fully saturated rings. The SMILES string of the molecule is CC1(C)C(=CC=C2CCCC(C=CC3=[N+](CCCCS(=O)(=O)O)c4ccccc4C3(C)C)=C2Oc2ccc(S(=O)(=O)O)cc2)N(CCCCCC(=O)O)c2ccc(S(=O)(=O)O)cc21. The number of rotatable bonds is 18. The molecule has 0 saturated carbocycles. The monoisotopic (exact) mass is 923 g/mol. The Morgan fingerprint density at radius 1 is 0.762 bits per heavy atom. The first-order chi connectivity index (χ1) is 29.5. The van der Waals surface area contributed by atoms with Gasteiger partial charge in [-0.2, -0.15) is 29.8 Å². The summed E-state index contributed by atoms with van der Waals surface area (Å²) in [5.74, 6) is -0.318. The Morgan fingerprint density at radius 3 is 2.11 bits per heavy atom. The highest BCUT2D eigenvalue weighted by Gasteiger charge is 2.44. The fourth-order valence-corrected chi connectivity index (χ4v) is 10.3. The number of anilines is 1. The molecule has 2 aliphatic heterocycles. The summed E-state index contributed by atoms with van der Waals surface area (Å²) in [6.45, 7) is 9.23. The normalized spacial score (nSPS) is 18.7. The highest BCUT2D eigenvalue weighted by Crippen LogP contribution is 2.49. The van der Waals surface area contributed by atoms with E-state index in [4.69, 9.17) is 4.74 Å². The van der Waals surface area contributed by atoms with Crippen molar-refractivity contribution in [1.82, 2.24) is 0 Å². The zero-order chi connectivity index (χ0) is 46.0. The number of allylic oxidation sites excluding steroid dienone is 7. The van der Waals surface area contributed by atoms with Crippen LogP contribution in [0.15, 0.2) is 123 Å². The molecule has 338 valence electrons. The van der Waals surface area contributed by atoms with Crippen molar-refractivity contribution in [1.29, 1.82) is 0 Å². The third kappa shape index (κ3) is 11.1. The number of ether oxygens (including phenoxy) is 1. The highest BCUT2D eigenvalue weighted by atomic mass is 32.2. The van der Waals surface area contributed by atoms with Crippen molar-refractivity contribution >= 4 is 53.4 Å². The predicted octanol–water partition coefficient (Wildman–Crippen LogP) is 8.55. The Balaban J connectivity index is 1.45. The molecule has 3 aliphatic rings. The first kappa shape index (κ1) is 47.6. The zero-order valence-corrected chi connectivity index (χ0v) is 38.3. The van der Waals surface area contributed by atoms with E-state index in [0.29, 0.717) is 68.7 Å². The Morgan fingerprint density at radius 2 is 1.44 bits per heavy atom. The maximum absolute atomic E-state index is 12.2. The average molecular weight is 924 g/mol. The van der Waals surface area contributed by atoms with E-state index >= 15 is 0 Å². The summed E-state index contributed by atoms with van der Waals surface area (Å²) in [5.41, 5.74) is 5.94. The molecule has 0 amide bonds. The van der Waals surface area contributed by atoms with E-state index in [1.165, 1.54) is 36.4 Å². The smallest absolute Gasteiger partial charge is 0.303 e. The van der Waals surface area contributed by atoms with Gasteiger partial charge < -0.3 is 14.7 Å². The lowest BCUT2D eigenvalue weighted by molar-refractivity contribution is -0.438. The van der Waals surface area contributed by atoms with Crippen LogP contribution in [0.5, 0.6) is 5.75 Å². The van der Waals surface area contributed by atoms with E-state index in [2.05, 4.69) is 35.5 Å². The van der Waals surface area contributed by atoms with Crippen molar-refractivity contribution in [3.63, 3.8) is 0 Å². The van der Waals surface area contributed by atoms with Crippen LogP contribution in [-0.4, -0.2) is 79.1 Å². The summed E-state index contributed by atoms with van der Waals surface area (Å²) >= 11 is 0. The van der Waals surface area contributed by atoms with Gasteiger partial charge in [0.1, 0.15) is 18.1 Å². The molecule has 63 heavy (non-hydrogen) atoms. The van der Waals surface area contributed by atoms with Crippen LogP contribution in [0.3, 0.4) is 0 Å². The summed E-state index contributed by atoms with van der Waals surface area (Å²) < 4.78 is 109. The quantitative estimate of drug-likeness (QED) is 0.0535. The molecular formula is C46H55N2O12S3+. The average Bonchev–Trinajstić information content (AvgIpc) is 3.55. The number of nitrogens with zero attached hydrogens (tertiary/aromatic N) is 2. The van der Waals surface area contributed by atoms with Gasteiger partial charge in [0, 0.05) is 53.9 Å². The Kier molecular flexibility index (Phi) is 14.1. The van der Waals surface area contributed by atoms with Gasteiger partial charge in [0.05, 0.1) is 21.0 Å². The second-order valence-electron chi connectivity index (χ2n) is 17.1. The molecule has 3 aromatic rings. The largest absolute Gasteiger partial charge is 0.481 e. The topological polar surface area (TPSA) is 216 Å². The summed E-state index contributed by atoms with van der Waals surface area (Å²) in [6, 6.07) is 18.0. The number of fused-ring (bicyclic) bond motifs is 2. The second kappa shape index (κ2) is 18.7. The number of carboxylic acid groups (broad SMARTS) is 1. The van der Waals surface area contributed by atoms with Crippen LogP contribution in [0.1, 0.15) is 96.6 Å². The standard InChI is InChI=1S/C46H54N2O12S3/c1-45(2)37-15-7-8-16-39(37)47(29-10-11-30-61(51,52)53)41(45)26-18-32-13-12-14-33(44(32)60-34-20-22-35(23-21-34)62(54,55)56)19-27-42-46(3,4)38-31-36(63(57,58)59)24-25-40(38)48(42)28-9-5-6-17-43(49)50/h7-8,15-16,18-27,31H,5-6,9-14,17,28-30H2,1-4H3,(H3-,49,50,51,52,53,54,55,56,57,58,59)/p+1. The number of unbranched alkanes of at least 4 members (excludes halogenated alkanes) is 3. The predicted molar refractivity (Wildman–Crippen MR) is 241 cm³/mol. The Labute approximate surface area is 370 Å². The molecule has 1 aliphatic carbocycles. The van der Waals surface area contributed by atoms with Crippen LogP contribution >= 0.6 is 0 Å². The fraction of sp³-hybridized carbons (Fsp3) is 0.391. The summed E-state index contributed by atoms with van der Waals surface area (Å²) in [4.78, 5) is 12.8. The maximum Gasteiger partial charge on any atom is 0.303 e. The van der Waals surface area contributed by atoms with Gasteiger partial charge in [-0.1, -0.05) is 44.5 Å². The number of benzene rings is 3. The number of carboxylic acids is 1. The van der Waals surface area contributed by atoms with Crippen molar-refractivity contribution in [2.75, 3.05) is 23.7 Å². The molecule has 0 saturated heterocycles. The lowest BCUT2D eigenvalue weighted by atomic mass is 9.81. The lowest BCUT2D eigenvalue weighted by Gasteiger charge is -2.27. The van der Waals surface area contributed by atoms with E-state index in [1.807, 2.05) is 50.3 Å². The van der Waals surface area contributed by atoms with Gasteiger partial charge in [-0.15, -0.1) is 0 Å². The minimum Gasteiger partial charge on any atom is -0.481 e. The molecule has 0 spiro atoms. The maximum atomic E-state index is 12.2. The van der Waals surface area contributed by atoms with E-state index in [1.54, 1.807) is 6.07 Å². The van der Waals surface area contributed by atoms with Gasteiger partial charge in [0.2, 0.25) is 5.69 Å². The highest BCUT2D eigenvalue weighted by molar-refractivity contribution is 7.86. The lowest BCUT2D eigenvalue weighted by Crippen LogP contribution is -2.28. The molecule has 0 bridgehead atoms. The molecule has 0 radical (unpaired) electrons. The van der Waals surface area contributed by atoms with Gasteiger partial charge in [-0.3, -0.25) is 18.5 Å². The van der Waals surface area contributed by atoms with Crippen molar-refractivity contribution in [3.8, 4) is 5.75 Å².